The van der Waals surface area contributed by atoms with Gasteiger partial charge in [0.1, 0.15) is 5.82 Å². The minimum absolute atomic E-state index is 0.0229. The van der Waals surface area contributed by atoms with Gasteiger partial charge >= 0.3 is 0 Å². The van der Waals surface area contributed by atoms with Crippen molar-refractivity contribution < 1.29 is 14.0 Å². The molecule has 1 fully saturated rings. The summed E-state index contributed by atoms with van der Waals surface area (Å²) >= 11 is 0. The van der Waals surface area contributed by atoms with Crippen LogP contribution in [0.1, 0.15) is 24.5 Å². The average Bonchev–Trinajstić information content (AvgIpc) is 2.71. The molecule has 29 heavy (non-hydrogen) atoms. The van der Waals surface area contributed by atoms with Crippen LogP contribution in [0.15, 0.2) is 42.5 Å². The van der Waals surface area contributed by atoms with Gasteiger partial charge in [0.2, 0.25) is 11.8 Å². The second-order valence-electron chi connectivity index (χ2n) is 7.53. The van der Waals surface area contributed by atoms with Crippen LogP contribution >= 0.6 is 0 Å². The summed E-state index contributed by atoms with van der Waals surface area (Å²) in [7, 11) is 0. The van der Waals surface area contributed by atoms with Crippen LogP contribution in [0.3, 0.4) is 0 Å². The Morgan fingerprint density at radius 1 is 1.03 bits per heavy atom. The van der Waals surface area contributed by atoms with Crippen molar-refractivity contribution in [3.05, 3.63) is 59.4 Å². The summed E-state index contributed by atoms with van der Waals surface area (Å²) in [6.45, 7) is 8.13. The zero-order chi connectivity index (χ0) is 21.0. The second-order valence-corrected chi connectivity index (χ2v) is 7.53. The van der Waals surface area contributed by atoms with Gasteiger partial charge < -0.3 is 14.7 Å². The lowest BCUT2D eigenvalue weighted by molar-refractivity contribution is -0.131. The first-order valence-electron chi connectivity index (χ1n) is 9.99. The van der Waals surface area contributed by atoms with E-state index in [0.29, 0.717) is 38.4 Å². The number of benzene rings is 2. The maximum Gasteiger partial charge on any atom is 0.224 e. The number of para-hydroxylation sites is 1. The van der Waals surface area contributed by atoms with Crippen LogP contribution in [0.25, 0.3) is 0 Å². The molecule has 0 bridgehead atoms. The van der Waals surface area contributed by atoms with Crippen LogP contribution in [0.5, 0.6) is 0 Å². The Morgan fingerprint density at radius 2 is 1.72 bits per heavy atom. The van der Waals surface area contributed by atoms with Crippen LogP contribution in [0.4, 0.5) is 15.8 Å². The van der Waals surface area contributed by atoms with Crippen molar-refractivity contribution in [2.24, 2.45) is 0 Å². The largest absolute Gasteiger partial charge is 0.366 e. The van der Waals surface area contributed by atoms with Gasteiger partial charge in [-0.3, -0.25) is 9.59 Å². The molecular formula is C23H28FN3O2. The number of carbonyl (C=O) groups is 2. The van der Waals surface area contributed by atoms with Crippen LogP contribution < -0.4 is 9.80 Å². The van der Waals surface area contributed by atoms with Gasteiger partial charge in [0.15, 0.2) is 0 Å². The number of rotatable bonds is 5. The molecular weight excluding hydrogens is 369 g/mol. The van der Waals surface area contributed by atoms with Crippen molar-refractivity contribution in [3.8, 4) is 0 Å². The average molecular weight is 397 g/mol. The van der Waals surface area contributed by atoms with E-state index in [9.17, 15) is 14.0 Å². The van der Waals surface area contributed by atoms with E-state index in [1.165, 1.54) is 13.0 Å². The lowest BCUT2D eigenvalue weighted by Crippen LogP contribution is -2.49. The van der Waals surface area contributed by atoms with E-state index in [1.807, 2.05) is 43.0 Å². The topological polar surface area (TPSA) is 43.9 Å². The molecule has 0 atom stereocenters. The molecule has 0 radical (unpaired) electrons. The normalized spacial score (nSPS) is 14.1. The molecule has 0 spiro atoms. The van der Waals surface area contributed by atoms with Gasteiger partial charge in [0, 0.05) is 51.8 Å². The summed E-state index contributed by atoms with van der Waals surface area (Å²) in [6.07, 6.45) is 0.270. The molecule has 0 N–H and O–H groups in total. The highest BCUT2D eigenvalue weighted by molar-refractivity contribution is 5.93. The first-order chi connectivity index (χ1) is 13.9. The van der Waals surface area contributed by atoms with Gasteiger partial charge in [-0.05, 0) is 43.2 Å². The molecule has 1 aliphatic rings. The fourth-order valence-electron chi connectivity index (χ4n) is 3.73. The molecule has 154 valence electrons. The van der Waals surface area contributed by atoms with Gasteiger partial charge in [-0.1, -0.05) is 24.3 Å². The molecule has 2 aromatic carbocycles. The SMILES string of the molecule is CC(=O)N(CCC(=O)N1CCN(c2ccccc2F)CC1)c1cc(C)ccc1C. The number of aryl methyl sites for hydroxylation is 2. The van der Waals surface area contributed by atoms with Gasteiger partial charge in [0.25, 0.3) is 0 Å². The standard InChI is InChI=1S/C23H28FN3O2/c1-17-8-9-18(2)22(16-17)27(19(3)28)11-10-23(29)26-14-12-25(13-15-26)21-7-5-4-6-20(21)24/h4-9,16H,10-15H2,1-3H3. The van der Waals surface area contributed by atoms with E-state index in [0.717, 1.165) is 16.8 Å². The third-order valence-electron chi connectivity index (χ3n) is 5.41. The number of carbonyl (C=O) groups excluding carboxylic acids is 2. The highest BCUT2D eigenvalue weighted by atomic mass is 19.1. The zero-order valence-electron chi connectivity index (χ0n) is 17.3. The predicted octanol–water partition coefficient (Wildman–Crippen LogP) is 3.53. The summed E-state index contributed by atoms with van der Waals surface area (Å²) in [4.78, 5) is 30.4. The van der Waals surface area contributed by atoms with Gasteiger partial charge in [0.05, 0.1) is 5.69 Å². The van der Waals surface area contributed by atoms with Crippen molar-refractivity contribution in [3.63, 3.8) is 0 Å². The highest BCUT2D eigenvalue weighted by Gasteiger charge is 2.24. The molecule has 5 nitrogen and oxygen atoms in total. The van der Waals surface area contributed by atoms with E-state index in [2.05, 4.69) is 0 Å². The fraction of sp³-hybridized carbons (Fsp3) is 0.391. The molecule has 0 aromatic heterocycles. The summed E-state index contributed by atoms with van der Waals surface area (Å²) in [6, 6.07) is 12.7. The molecule has 1 heterocycles. The van der Waals surface area contributed by atoms with Crippen LogP contribution in [-0.4, -0.2) is 49.4 Å². The first kappa shape index (κ1) is 20.8. The van der Waals surface area contributed by atoms with Crippen LogP contribution in [0.2, 0.25) is 0 Å². The van der Waals surface area contributed by atoms with Crippen molar-refractivity contribution in [2.75, 3.05) is 42.5 Å². The quantitative estimate of drug-likeness (QED) is 0.775. The Balaban J connectivity index is 1.58. The lowest BCUT2D eigenvalue weighted by Gasteiger charge is -2.36. The molecule has 0 unspecified atom stereocenters. The van der Waals surface area contributed by atoms with E-state index in [4.69, 9.17) is 0 Å². The van der Waals surface area contributed by atoms with Crippen LogP contribution in [-0.2, 0) is 9.59 Å². The molecule has 2 amide bonds. The van der Waals surface area contributed by atoms with E-state index >= 15 is 0 Å². The molecule has 6 heteroatoms. The van der Waals surface area contributed by atoms with Crippen LogP contribution in [0, 0.1) is 19.7 Å². The van der Waals surface area contributed by atoms with E-state index < -0.39 is 0 Å². The highest BCUT2D eigenvalue weighted by Crippen LogP contribution is 2.23. The lowest BCUT2D eigenvalue weighted by atomic mass is 10.1. The number of nitrogens with zero attached hydrogens (tertiary/aromatic N) is 3. The van der Waals surface area contributed by atoms with Crippen molar-refractivity contribution in [1.82, 2.24) is 4.90 Å². The molecule has 3 rings (SSSR count). The Bertz CT molecular complexity index is 891. The van der Waals surface area contributed by atoms with E-state index in [-0.39, 0.29) is 24.1 Å². The van der Waals surface area contributed by atoms with Gasteiger partial charge in [-0.15, -0.1) is 0 Å². The summed E-state index contributed by atoms with van der Waals surface area (Å²) < 4.78 is 14.0. The maximum absolute atomic E-state index is 14.0. The predicted molar refractivity (Wildman–Crippen MR) is 114 cm³/mol. The molecule has 0 saturated carbocycles. The molecule has 2 aromatic rings. The Morgan fingerprint density at radius 3 is 2.38 bits per heavy atom. The number of hydrogen-bond acceptors (Lipinski definition) is 3. The molecule has 1 aliphatic heterocycles. The minimum atomic E-state index is -0.238. The number of halogens is 1. The zero-order valence-corrected chi connectivity index (χ0v) is 17.3. The number of hydrogen-bond donors (Lipinski definition) is 0. The van der Waals surface area contributed by atoms with E-state index in [1.54, 1.807) is 21.9 Å². The Kier molecular flexibility index (Phi) is 6.52. The number of anilines is 2. The minimum Gasteiger partial charge on any atom is -0.366 e. The van der Waals surface area contributed by atoms with Gasteiger partial charge in [-0.25, -0.2) is 4.39 Å². The smallest absolute Gasteiger partial charge is 0.224 e. The van der Waals surface area contributed by atoms with Crippen molar-refractivity contribution in [2.45, 2.75) is 27.2 Å². The Hall–Kier alpha value is -2.89. The molecule has 1 saturated heterocycles. The third kappa shape index (κ3) is 4.94. The second kappa shape index (κ2) is 9.07. The molecule has 0 aliphatic carbocycles. The summed E-state index contributed by atoms with van der Waals surface area (Å²) in [5.41, 5.74) is 3.52. The maximum atomic E-state index is 14.0. The van der Waals surface area contributed by atoms with Gasteiger partial charge in [-0.2, -0.15) is 0 Å². The van der Waals surface area contributed by atoms with Crippen molar-refractivity contribution in [1.29, 1.82) is 0 Å². The first-order valence-corrected chi connectivity index (χ1v) is 9.99. The monoisotopic (exact) mass is 397 g/mol. The summed E-state index contributed by atoms with van der Waals surface area (Å²) in [5.74, 6) is -0.288. The fourth-order valence-corrected chi connectivity index (χ4v) is 3.73. The number of piperazine rings is 1. The third-order valence-corrected chi connectivity index (χ3v) is 5.41. The van der Waals surface area contributed by atoms with Crippen molar-refractivity contribution >= 4 is 23.2 Å². The summed E-state index contributed by atoms with van der Waals surface area (Å²) in [5, 5.41) is 0. The Labute approximate surface area is 171 Å². The number of amides is 2.